The lowest BCUT2D eigenvalue weighted by Gasteiger charge is -2.23. The molecule has 1 aliphatic carbocycles. The quantitative estimate of drug-likeness (QED) is 0.531. The van der Waals surface area contributed by atoms with E-state index in [1.807, 2.05) is 6.08 Å². The number of hydrogen-bond donors (Lipinski definition) is 1. The van der Waals surface area contributed by atoms with Crippen molar-refractivity contribution in [2.24, 2.45) is 5.41 Å². The van der Waals surface area contributed by atoms with Crippen LogP contribution in [0.2, 0.25) is 0 Å². The zero-order valence-corrected chi connectivity index (χ0v) is 7.72. The summed E-state index contributed by atoms with van der Waals surface area (Å²) in [6, 6.07) is 0. The van der Waals surface area contributed by atoms with Crippen molar-refractivity contribution in [3.8, 4) is 0 Å². The van der Waals surface area contributed by atoms with Gasteiger partial charge in [-0.25, -0.2) is 0 Å². The Kier molecular flexibility index (Phi) is 2.38. The molecule has 11 heavy (non-hydrogen) atoms. The largest absolute Gasteiger partial charge is 0.389 e. The predicted molar refractivity (Wildman–Crippen MR) is 47.4 cm³/mol. The Bertz CT molecular complexity index is 168. The first kappa shape index (κ1) is 8.79. The lowest BCUT2D eigenvalue weighted by molar-refractivity contribution is 0.152. The molecule has 1 rings (SSSR count). The van der Waals surface area contributed by atoms with E-state index < -0.39 is 0 Å². The van der Waals surface area contributed by atoms with E-state index in [4.69, 9.17) is 0 Å². The van der Waals surface area contributed by atoms with Gasteiger partial charge in [-0.2, -0.15) is 0 Å². The van der Waals surface area contributed by atoms with Gasteiger partial charge in [0.05, 0.1) is 6.10 Å². The van der Waals surface area contributed by atoms with E-state index in [2.05, 4.69) is 20.8 Å². The molecule has 1 unspecified atom stereocenters. The summed E-state index contributed by atoms with van der Waals surface area (Å²) in [5.41, 5.74) is 1.65. The highest BCUT2D eigenvalue weighted by molar-refractivity contribution is 5.06. The van der Waals surface area contributed by atoms with Crippen LogP contribution in [0.1, 0.15) is 40.0 Å². The summed E-state index contributed by atoms with van der Waals surface area (Å²) in [6.45, 7) is 6.55. The molecule has 1 aliphatic rings. The molecule has 0 saturated heterocycles. The van der Waals surface area contributed by atoms with Gasteiger partial charge in [0.1, 0.15) is 0 Å². The Balaban J connectivity index is 2.65. The maximum atomic E-state index is 9.52. The summed E-state index contributed by atoms with van der Waals surface area (Å²) >= 11 is 0. The summed E-state index contributed by atoms with van der Waals surface area (Å²) in [6.07, 6.45) is 5.03. The summed E-state index contributed by atoms with van der Waals surface area (Å²) in [7, 11) is 0. The van der Waals surface area contributed by atoms with Gasteiger partial charge in [-0.05, 0) is 31.6 Å². The molecule has 1 N–H and O–H groups in total. The molecule has 1 atom stereocenters. The third kappa shape index (κ3) is 2.66. The average Bonchev–Trinajstić information content (AvgIpc) is 1.90. The number of hydrogen-bond acceptors (Lipinski definition) is 1. The van der Waals surface area contributed by atoms with E-state index in [0.29, 0.717) is 5.41 Å². The van der Waals surface area contributed by atoms with Crippen LogP contribution in [0.4, 0.5) is 0 Å². The standard InChI is InChI=1S/C10H18O/c1-8-4-5-10(2,3)7-9(11)6-8/h6,9,11H,4-5,7H2,1-3H3. The first-order valence-corrected chi connectivity index (χ1v) is 4.35. The van der Waals surface area contributed by atoms with E-state index in [9.17, 15) is 5.11 Å². The molecule has 0 fully saturated rings. The van der Waals surface area contributed by atoms with Crippen LogP contribution < -0.4 is 0 Å². The Morgan fingerprint density at radius 3 is 2.82 bits per heavy atom. The van der Waals surface area contributed by atoms with Crippen LogP contribution in [0, 0.1) is 5.41 Å². The van der Waals surface area contributed by atoms with E-state index in [1.165, 1.54) is 12.0 Å². The van der Waals surface area contributed by atoms with Crippen molar-refractivity contribution in [3.63, 3.8) is 0 Å². The average molecular weight is 154 g/mol. The van der Waals surface area contributed by atoms with E-state index in [-0.39, 0.29) is 6.10 Å². The molecule has 0 spiro atoms. The molecule has 0 aromatic heterocycles. The van der Waals surface area contributed by atoms with Crippen LogP contribution in [-0.2, 0) is 0 Å². The molecule has 0 aromatic carbocycles. The van der Waals surface area contributed by atoms with Crippen LogP contribution in [0.3, 0.4) is 0 Å². The third-order valence-electron chi connectivity index (χ3n) is 2.43. The molecule has 0 amide bonds. The fourth-order valence-electron chi connectivity index (χ4n) is 1.67. The van der Waals surface area contributed by atoms with Crippen LogP contribution in [0.15, 0.2) is 11.6 Å². The van der Waals surface area contributed by atoms with Crippen LogP contribution >= 0.6 is 0 Å². The van der Waals surface area contributed by atoms with Crippen molar-refractivity contribution in [1.82, 2.24) is 0 Å². The van der Waals surface area contributed by atoms with Gasteiger partial charge in [0.2, 0.25) is 0 Å². The zero-order chi connectivity index (χ0) is 8.48. The number of aliphatic hydroxyl groups excluding tert-OH is 1. The molecular weight excluding hydrogens is 136 g/mol. The number of aliphatic hydroxyl groups is 1. The highest BCUT2D eigenvalue weighted by Gasteiger charge is 2.23. The van der Waals surface area contributed by atoms with Gasteiger partial charge in [-0.3, -0.25) is 0 Å². The number of rotatable bonds is 0. The second-order valence-electron chi connectivity index (χ2n) is 4.45. The Morgan fingerprint density at radius 1 is 1.55 bits per heavy atom. The molecule has 0 heterocycles. The maximum Gasteiger partial charge on any atom is 0.0728 e. The molecule has 1 nitrogen and oxygen atoms in total. The van der Waals surface area contributed by atoms with E-state index in [1.54, 1.807) is 0 Å². The Morgan fingerprint density at radius 2 is 2.18 bits per heavy atom. The van der Waals surface area contributed by atoms with Crippen LogP contribution in [0.25, 0.3) is 0 Å². The van der Waals surface area contributed by atoms with Gasteiger partial charge in [-0.15, -0.1) is 0 Å². The SMILES string of the molecule is CC1=CC(O)CC(C)(C)CC1. The van der Waals surface area contributed by atoms with Crippen molar-refractivity contribution in [3.05, 3.63) is 11.6 Å². The van der Waals surface area contributed by atoms with Gasteiger partial charge in [-0.1, -0.05) is 25.5 Å². The third-order valence-corrected chi connectivity index (χ3v) is 2.43. The second kappa shape index (κ2) is 2.98. The normalized spacial score (nSPS) is 30.9. The van der Waals surface area contributed by atoms with Gasteiger partial charge >= 0.3 is 0 Å². The van der Waals surface area contributed by atoms with E-state index >= 15 is 0 Å². The zero-order valence-electron chi connectivity index (χ0n) is 7.72. The molecule has 0 aromatic rings. The van der Waals surface area contributed by atoms with Crippen molar-refractivity contribution in [2.75, 3.05) is 0 Å². The maximum absolute atomic E-state index is 9.52. The first-order chi connectivity index (χ1) is 4.99. The van der Waals surface area contributed by atoms with Crippen LogP contribution in [-0.4, -0.2) is 11.2 Å². The monoisotopic (exact) mass is 154 g/mol. The fourth-order valence-corrected chi connectivity index (χ4v) is 1.67. The van der Waals surface area contributed by atoms with Crippen LogP contribution in [0.5, 0.6) is 0 Å². The lowest BCUT2D eigenvalue weighted by Crippen LogP contribution is -2.16. The molecule has 64 valence electrons. The minimum atomic E-state index is -0.215. The summed E-state index contributed by atoms with van der Waals surface area (Å²) in [5.74, 6) is 0. The minimum Gasteiger partial charge on any atom is -0.389 e. The van der Waals surface area contributed by atoms with Crippen molar-refractivity contribution >= 4 is 0 Å². The molecule has 0 aliphatic heterocycles. The highest BCUT2D eigenvalue weighted by Crippen LogP contribution is 2.33. The smallest absolute Gasteiger partial charge is 0.0728 e. The lowest BCUT2D eigenvalue weighted by atomic mass is 9.84. The van der Waals surface area contributed by atoms with Gasteiger partial charge < -0.3 is 5.11 Å². The molecule has 0 saturated carbocycles. The van der Waals surface area contributed by atoms with Crippen molar-refractivity contribution in [2.45, 2.75) is 46.1 Å². The van der Waals surface area contributed by atoms with Gasteiger partial charge in [0.25, 0.3) is 0 Å². The Labute approximate surface area is 69.1 Å². The molecular formula is C10H18O. The predicted octanol–water partition coefficient (Wildman–Crippen LogP) is 2.50. The molecule has 0 radical (unpaired) electrons. The first-order valence-electron chi connectivity index (χ1n) is 4.35. The summed E-state index contributed by atoms with van der Waals surface area (Å²) in [4.78, 5) is 0. The molecule has 0 bridgehead atoms. The fraction of sp³-hybridized carbons (Fsp3) is 0.800. The molecule has 1 heteroatoms. The summed E-state index contributed by atoms with van der Waals surface area (Å²) < 4.78 is 0. The topological polar surface area (TPSA) is 20.2 Å². The van der Waals surface area contributed by atoms with Gasteiger partial charge in [0, 0.05) is 0 Å². The minimum absolute atomic E-state index is 0.215. The van der Waals surface area contributed by atoms with E-state index in [0.717, 1.165) is 12.8 Å². The van der Waals surface area contributed by atoms with Crippen molar-refractivity contribution in [1.29, 1.82) is 0 Å². The number of allylic oxidation sites excluding steroid dienone is 1. The Hall–Kier alpha value is -0.300. The van der Waals surface area contributed by atoms with Gasteiger partial charge in [0.15, 0.2) is 0 Å². The second-order valence-corrected chi connectivity index (χ2v) is 4.45. The highest BCUT2D eigenvalue weighted by atomic mass is 16.3. The van der Waals surface area contributed by atoms with Crippen molar-refractivity contribution < 1.29 is 5.11 Å². The summed E-state index contributed by atoms with van der Waals surface area (Å²) in [5, 5.41) is 9.52.